The van der Waals surface area contributed by atoms with Crippen molar-refractivity contribution in [2.24, 2.45) is 0 Å². The average Bonchev–Trinajstić information content (AvgIpc) is 3.10. The van der Waals surface area contributed by atoms with Gasteiger partial charge in [0, 0.05) is 5.56 Å². The molecule has 0 aliphatic carbocycles. The van der Waals surface area contributed by atoms with Crippen LogP contribution in [0.3, 0.4) is 0 Å². The third-order valence-electron chi connectivity index (χ3n) is 3.25. The van der Waals surface area contributed by atoms with Gasteiger partial charge in [-0.3, -0.25) is 4.79 Å². The van der Waals surface area contributed by atoms with Crippen molar-refractivity contribution in [2.75, 3.05) is 6.61 Å². The van der Waals surface area contributed by atoms with E-state index in [0.29, 0.717) is 17.7 Å². The maximum absolute atomic E-state index is 12.3. The number of benzene rings is 2. The second kappa shape index (κ2) is 7.79. The van der Waals surface area contributed by atoms with E-state index in [1.165, 1.54) is 11.8 Å². The molecule has 0 fully saturated rings. The molecule has 1 aromatic heterocycles. The van der Waals surface area contributed by atoms with Gasteiger partial charge in [-0.25, -0.2) is 0 Å². The van der Waals surface area contributed by atoms with Crippen molar-refractivity contribution in [2.45, 2.75) is 17.4 Å². The molecule has 24 heavy (non-hydrogen) atoms. The van der Waals surface area contributed by atoms with Crippen LogP contribution >= 0.6 is 11.8 Å². The number of hydrogen-bond acceptors (Lipinski definition) is 6. The molecule has 2 aromatic carbocycles. The quantitative estimate of drug-likeness (QED) is 0.496. The van der Waals surface area contributed by atoms with Crippen LogP contribution in [0.5, 0.6) is 0 Å². The molecule has 0 aliphatic rings. The lowest BCUT2D eigenvalue weighted by atomic mass is 10.1. The van der Waals surface area contributed by atoms with Crippen LogP contribution in [0.4, 0.5) is 0 Å². The lowest BCUT2D eigenvalue weighted by molar-refractivity contribution is -0.142. The molecule has 0 radical (unpaired) electrons. The first-order valence-electron chi connectivity index (χ1n) is 7.55. The molecule has 0 saturated carbocycles. The summed E-state index contributed by atoms with van der Waals surface area (Å²) in [6.07, 6.45) is 0. The van der Waals surface area contributed by atoms with Crippen LogP contribution in [0.2, 0.25) is 0 Å². The Morgan fingerprint density at radius 3 is 2.42 bits per heavy atom. The Bertz CT molecular complexity index is 790. The number of esters is 1. The van der Waals surface area contributed by atoms with Crippen molar-refractivity contribution in [3.8, 4) is 11.5 Å². The monoisotopic (exact) mass is 340 g/mol. The highest BCUT2D eigenvalue weighted by Crippen LogP contribution is 2.36. The van der Waals surface area contributed by atoms with Crippen molar-refractivity contribution in [1.29, 1.82) is 0 Å². The molecule has 0 saturated heterocycles. The van der Waals surface area contributed by atoms with Crippen LogP contribution in [0.15, 0.2) is 70.3 Å². The van der Waals surface area contributed by atoms with Gasteiger partial charge in [0.15, 0.2) is 0 Å². The molecule has 0 bridgehead atoms. The average molecular weight is 340 g/mol. The van der Waals surface area contributed by atoms with Gasteiger partial charge in [0.05, 0.1) is 6.61 Å². The minimum Gasteiger partial charge on any atom is -0.465 e. The highest BCUT2D eigenvalue weighted by atomic mass is 32.2. The van der Waals surface area contributed by atoms with Crippen LogP contribution in [0, 0.1) is 0 Å². The van der Waals surface area contributed by atoms with E-state index in [2.05, 4.69) is 10.2 Å². The molecule has 0 N–H and O–H groups in total. The fourth-order valence-electron chi connectivity index (χ4n) is 2.15. The van der Waals surface area contributed by atoms with Gasteiger partial charge in [0.1, 0.15) is 5.25 Å². The minimum absolute atomic E-state index is 0.321. The molecule has 3 rings (SSSR count). The lowest BCUT2D eigenvalue weighted by Crippen LogP contribution is -2.13. The number of nitrogens with zero attached hydrogens (tertiary/aromatic N) is 2. The zero-order valence-electron chi connectivity index (χ0n) is 13.1. The van der Waals surface area contributed by atoms with E-state index >= 15 is 0 Å². The highest BCUT2D eigenvalue weighted by Gasteiger charge is 2.26. The largest absolute Gasteiger partial charge is 0.465 e. The third kappa shape index (κ3) is 3.83. The van der Waals surface area contributed by atoms with E-state index in [1.807, 2.05) is 60.7 Å². The summed E-state index contributed by atoms with van der Waals surface area (Å²) in [5.41, 5.74) is 1.67. The number of rotatable bonds is 6. The van der Waals surface area contributed by atoms with E-state index in [9.17, 15) is 4.79 Å². The van der Waals surface area contributed by atoms with E-state index in [-0.39, 0.29) is 5.97 Å². The van der Waals surface area contributed by atoms with Gasteiger partial charge in [0.25, 0.3) is 5.22 Å². The van der Waals surface area contributed by atoms with Crippen molar-refractivity contribution >= 4 is 17.7 Å². The van der Waals surface area contributed by atoms with Crippen molar-refractivity contribution in [3.63, 3.8) is 0 Å². The molecule has 5 nitrogen and oxygen atoms in total. The first-order valence-corrected chi connectivity index (χ1v) is 8.43. The number of ether oxygens (including phenoxy) is 1. The minimum atomic E-state index is -0.546. The summed E-state index contributed by atoms with van der Waals surface area (Å²) >= 11 is 1.19. The highest BCUT2D eigenvalue weighted by molar-refractivity contribution is 8.00. The van der Waals surface area contributed by atoms with Gasteiger partial charge in [-0.2, -0.15) is 0 Å². The fraction of sp³-hybridized carbons (Fsp3) is 0.167. The Morgan fingerprint density at radius 2 is 1.75 bits per heavy atom. The number of aromatic nitrogens is 2. The molecule has 0 amide bonds. The van der Waals surface area contributed by atoms with Crippen molar-refractivity contribution in [1.82, 2.24) is 10.2 Å². The van der Waals surface area contributed by atoms with Gasteiger partial charge in [-0.05, 0) is 36.4 Å². The Labute approximate surface area is 144 Å². The van der Waals surface area contributed by atoms with Gasteiger partial charge < -0.3 is 9.15 Å². The molecule has 122 valence electrons. The summed E-state index contributed by atoms with van der Waals surface area (Å²) in [6, 6.07) is 18.9. The first-order chi connectivity index (χ1) is 11.8. The summed E-state index contributed by atoms with van der Waals surface area (Å²) in [7, 11) is 0. The predicted molar refractivity (Wildman–Crippen MR) is 91.4 cm³/mol. The summed E-state index contributed by atoms with van der Waals surface area (Å²) in [5, 5.41) is 7.87. The Balaban J connectivity index is 1.83. The molecule has 0 spiro atoms. The number of thioether (sulfide) groups is 1. The molecule has 1 heterocycles. The SMILES string of the molecule is CCOC(=O)C(Sc1nnc(-c2ccccc2)o1)c1ccccc1. The first kappa shape index (κ1) is 16.3. The van der Waals surface area contributed by atoms with E-state index < -0.39 is 5.25 Å². The molecule has 1 atom stereocenters. The van der Waals surface area contributed by atoms with Crippen LogP contribution in [-0.4, -0.2) is 22.8 Å². The van der Waals surface area contributed by atoms with Crippen LogP contribution in [0.25, 0.3) is 11.5 Å². The third-order valence-corrected chi connectivity index (χ3v) is 4.32. The molecular weight excluding hydrogens is 324 g/mol. The van der Waals surface area contributed by atoms with Gasteiger partial charge >= 0.3 is 5.97 Å². The summed E-state index contributed by atoms with van der Waals surface area (Å²) < 4.78 is 10.9. The molecule has 0 aliphatic heterocycles. The Kier molecular flexibility index (Phi) is 5.28. The predicted octanol–water partition coefficient (Wildman–Crippen LogP) is 4.13. The Hall–Kier alpha value is -2.60. The van der Waals surface area contributed by atoms with Gasteiger partial charge in [0.2, 0.25) is 5.89 Å². The fourth-order valence-corrected chi connectivity index (χ4v) is 3.03. The van der Waals surface area contributed by atoms with E-state index in [1.54, 1.807) is 6.92 Å². The maximum Gasteiger partial charge on any atom is 0.324 e. The zero-order chi connectivity index (χ0) is 16.8. The zero-order valence-corrected chi connectivity index (χ0v) is 13.9. The summed E-state index contributed by atoms with van der Waals surface area (Å²) in [6.45, 7) is 2.10. The van der Waals surface area contributed by atoms with Gasteiger partial charge in [-0.1, -0.05) is 48.5 Å². The lowest BCUT2D eigenvalue weighted by Gasteiger charge is -2.13. The Morgan fingerprint density at radius 1 is 1.08 bits per heavy atom. The van der Waals surface area contributed by atoms with E-state index in [4.69, 9.17) is 9.15 Å². The van der Waals surface area contributed by atoms with Crippen LogP contribution < -0.4 is 0 Å². The normalized spacial score (nSPS) is 11.9. The molecule has 1 unspecified atom stereocenters. The number of carbonyl (C=O) groups is 1. The smallest absolute Gasteiger partial charge is 0.324 e. The number of hydrogen-bond donors (Lipinski definition) is 0. The number of carbonyl (C=O) groups excluding carboxylic acids is 1. The summed E-state index contributed by atoms with van der Waals surface area (Å²) in [5.74, 6) is 0.0990. The summed E-state index contributed by atoms with van der Waals surface area (Å²) in [4.78, 5) is 12.3. The van der Waals surface area contributed by atoms with Crippen molar-refractivity contribution < 1.29 is 13.9 Å². The molecule has 3 aromatic rings. The topological polar surface area (TPSA) is 65.2 Å². The maximum atomic E-state index is 12.3. The second-order valence-corrected chi connectivity index (χ2v) is 5.96. The molecule has 6 heteroatoms. The molecular formula is C18H16N2O3S. The van der Waals surface area contributed by atoms with Gasteiger partial charge in [-0.15, -0.1) is 10.2 Å². The van der Waals surface area contributed by atoms with Crippen LogP contribution in [-0.2, 0) is 9.53 Å². The van der Waals surface area contributed by atoms with Crippen LogP contribution in [0.1, 0.15) is 17.7 Å². The second-order valence-electron chi connectivity index (χ2n) is 4.90. The van der Waals surface area contributed by atoms with E-state index in [0.717, 1.165) is 11.1 Å². The van der Waals surface area contributed by atoms with Crippen molar-refractivity contribution in [3.05, 3.63) is 66.2 Å². The standard InChI is InChI=1S/C18H16N2O3S/c1-2-22-17(21)15(13-9-5-3-6-10-13)24-18-20-19-16(23-18)14-11-7-4-8-12-14/h3-12,15H,2H2,1H3.